The number of ether oxygens (including phenoxy) is 4. The maximum absolute atomic E-state index is 13.9. The molecule has 0 saturated carbocycles. The van der Waals surface area contributed by atoms with Crippen molar-refractivity contribution in [2.75, 3.05) is 33.9 Å². The van der Waals surface area contributed by atoms with Gasteiger partial charge in [0.1, 0.15) is 12.0 Å². The first kappa shape index (κ1) is 29.1. The van der Waals surface area contributed by atoms with Crippen molar-refractivity contribution in [3.8, 4) is 28.7 Å². The molecule has 0 radical (unpaired) electrons. The van der Waals surface area contributed by atoms with Crippen molar-refractivity contribution in [3.05, 3.63) is 94.7 Å². The van der Waals surface area contributed by atoms with Gasteiger partial charge in [0.15, 0.2) is 34.6 Å². The molecule has 0 saturated heterocycles. The molecule has 8 bridgehead atoms. The SMILES string of the molecule is COc1ccc2cc1OCCCNC(=O)CCc1cccc(c1)Oc1cc3c(cc1OC)C2N(C(=O)c1coc(C)n1)CC3. The molecule has 10 heteroatoms. The van der Waals surface area contributed by atoms with Crippen molar-refractivity contribution in [1.29, 1.82) is 0 Å². The molecule has 1 unspecified atom stereocenters. The molecule has 4 heterocycles. The zero-order valence-corrected chi connectivity index (χ0v) is 25.1. The Morgan fingerprint density at radius 3 is 2.66 bits per heavy atom. The second-order valence-corrected chi connectivity index (χ2v) is 10.8. The number of aryl methyl sites for hydroxylation is 2. The number of amides is 2. The van der Waals surface area contributed by atoms with E-state index in [0.717, 1.165) is 22.3 Å². The molecular formula is C34H35N3O7. The van der Waals surface area contributed by atoms with Crippen LogP contribution < -0.4 is 24.3 Å². The Morgan fingerprint density at radius 1 is 1.00 bits per heavy atom. The molecule has 2 amide bonds. The molecule has 10 nitrogen and oxygen atoms in total. The van der Waals surface area contributed by atoms with Crippen molar-refractivity contribution in [3.63, 3.8) is 0 Å². The van der Waals surface area contributed by atoms with Crippen LogP contribution in [0, 0.1) is 6.92 Å². The van der Waals surface area contributed by atoms with Crippen molar-refractivity contribution in [1.82, 2.24) is 15.2 Å². The number of nitrogens with one attached hydrogen (secondary N) is 1. The van der Waals surface area contributed by atoms with Gasteiger partial charge in [-0.05, 0) is 77.9 Å². The molecule has 1 aromatic heterocycles. The van der Waals surface area contributed by atoms with Crippen LogP contribution in [-0.4, -0.2) is 55.6 Å². The second kappa shape index (κ2) is 12.7. The lowest BCUT2D eigenvalue weighted by molar-refractivity contribution is -0.121. The largest absolute Gasteiger partial charge is 0.493 e. The zero-order chi connectivity index (χ0) is 30.6. The van der Waals surface area contributed by atoms with Gasteiger partial charge in [-0.1, -0.05) is 18.2 Å². The first-order chi connectivity index (χ1) is 21.4. The molecule has 0 aliphatic carbocycles. The molecule has 44 heavy (non-hydrogen) atoms. The summed E-state index contributed by atoms with van der Waals surface area (Å²) in [4.78, 5) is 32.5. The van der Waals surface area contributed by atoms with Crippen molar-refractivity contribution in [2.45, 2.75) is 38.6 Å². The molecule has 0 fully saturated rings. The number of carbonyl (C=O) groups excluding carboxylic acids is 2. The second-order valence-electron chi connectivity index (χ2n) is 10.8. The molecule has 1 N–H and O–H groups in total. The van der Waals surface area contributed by atoms with E-state index in [9.17, 15) is 9.59 Å². The lowest BCUT2D eigenvalue weighted by Gasteiger charge is -2.38. The van der Waals surface area contributed by atoms with Gasteiger partial charge >= 0.3 is 0 Å². The summed E-state index contributed by atoms with van der Waals surface area (Å²) >= 11 is 0. The van der Waals surface area contributed by atoms with Gasteiger partial charge in [-0.25, -0.2) is 4.98 Å². The number of hydrogen-bond donors (Lipinski definition) is 1. The number of hydrogen-bond acceptors (Lipinski definition) is 8. The van der Waals surface area contributed by atoms with Gasteiger partial charge in [-0.15, -0.1) is 0 Å². The zero-order valence-electron chi connectivity index (χ0n) is 25.1. The highest BCUT2D eigenvalue weighted by atomic mass is 16.5. The summed E-state index contributed by atoms with van der Waals surface area (Å²) in [5.41, 5.74) is 4.02. The fraction of sp³-hybridized carbons (Fsp3) is 0.324. The predicted octanol–water partition coefficient (Wildman–Crippen LogP) is 5.41. The summed E-state index contributed by atoms with van der Waals surface area (Å²) in [6.07, 6.45) is 3.56. The van der Waals surface area contributed by atoms with Crippen LogP contribution in [-0.2, 0) is 17.6 Å². The Hall–Kier alpha value is -4.99. The van der Waals surface area contributed by atoms with E-state index in [1.165, 1.54) is 6.26 Å². The topological polar surface area (TPSA) is 112 Å². The summed E-state index contributed by atoms with van der Waals surface area (Å²) in [6, 6.07) is 16.9. The van der Waals surface area contributed by atoms with Gasteiger partial charge in [0.05, 0.1) is 26.9 Å². The van der Waals surface area contributed by atoms with Crippen LogP contribution in [0.3, 0.4) is 0 Å². The van der Waals surface area contributed by atoms with Gasteiger partial charge in [-0.3, -0.25) is 9.59 Å². The van der Waals surface area contributed by atoms with Crippen LogP contribution in [0.15, 0.2) is 65.3 Å². The van der Waals surface area contributed by atoms with Crippen LogP contribution >= 0.6 is 0 Å². The quantitative estimate of drug-likeness (QED) is 0.334. The Morgan fingerprint density at radius 2 is 1.86 bits per heavy atom. The Kier molecular flexibility index (Phi) is 8.40. The van der Waals surface area contributed by atoms with Gasteiger partial charge < -0.3 is 33.6 Å². The summed E-state index contributed by atoms with van der Waals surface area (Å²) in [5, 5.41) is 2.97. The Bertz CT molecular complexity index is 1680. The van der Waals surface area contributed by atoms with E-state index in [-0.39, 0.29) is 17.5 Å². The summed E-state index contributed by atoms with van der Waals surface area (Å²) in [7, 11) is 3.19. The third-order valence-corrected chi connectivity index (χ3v) is 7.92. The minimum Gasteiger partial charge on any atom is -0.493 e. The Labute approximate surface area is 255 Å². The lowest BCUT2D eigenvalue weighted by atomic mass is 9.87. The number of rotatable bonds is 3. The van der Waals surface area contributed by atoms with E-state index < -0.39 is 6.04 Å². The van der Waals surface area contributed by atoms with E-state index in [1.54, 1.807) is 26.0 Å². The summed E-state index contributed by atoms with van der Waals surface area (Å²) in [5.74, 6) is 3.03. The molecule has 7 rings (SSSR count). The van der Waals surface area contributed by atoms with Gasteiger partial charge in [0.2, 0.25) is 5.91 Å². The van der Waals surface area contributed by atoms with Crippen molar-refractivity contribution >= 4 is 11.8 Å². The molecular weight excluding hydrogens is 562 g/mol. The minimum absolute atomic E-state index is 0.0238. The number of fused-ring (bicyclic) bond motifs is 8. The first-order valence-electron chi connectivity index (χ1n) is 14.7. The predicted molar refractivity (Wildman–Crippen MR) is 162 cm³/mol. The van der Waals surface area contributed by atoms with E-state index in [4.69, 9.17) is 23.4 Å². The van der Waals surface area contributed by atoms with Gasteiger partial charge in [-0.2, -0.15) is 0 Å². The number of carbonyl (C=O) groups is 2. The monoisotopic (exact) mass is 597 g/mol. The van der Waals surface area contributed by atoms with E-state index in [1.807, 2.05) is 54.6 Å². The van der Waals surface area contributed by atoms with Crippen molar-refractivity contribution < 1.29 is 33.0 Å². The average molecular weight is 598 g/mol. The molecule has 228 valence electrons. The maximum Gasteiger partial charge on any atom is 0.276 e. The number of methoxy groups -OCH3 is 2. The standard InChI is InChI=1S/C34H35N3O7/c1-21-36-27(20-43-21)34(39)37-14-12-23-17-31-29(41-3)19-26(23)33(37)24-9-10-28(40-2)30(18-24)42-15-5-13-35-32(38)11-8-22-6-4-7-25(16-22)44-31/h4,6-7,9-10,16-20,33H,5,8,11-15H2,1-3H3,(H,35,38). The van der Waals surface area contributed by atoms with Crippen LogP contribution in [0.4, 0.5) is 0 Å². The Balaban J connectivity index is 1.47. The number of nitrogens with zero attached hydrogens (tertiary/aromatic N) is 2. The minimum atomic E-state index is -0.479. The van der Waals surface area contributed by atoms with E-state index >= 15 is 0 Å². The highest BCUT2D eigenvalue weighted by molar-refractivity contribution is 5.93. The lowest BCUT2D eigenvalue weighted by Crippen LogP contribution is -2.40. The third kappa shape index (κ3) is 6.06. The fourth-order valence-electron chi connectivity index (χ4n) is 5.75. The van der Waals surface area contributed by atoms with Gasteiger partial charge in [0.25, 0.3) is 5.91 Å². The van der Waals surface area contributed by atoms with Crippen molar-refractivity contribution in [2.24, 2.45) is 0 Å². The molecule has 3 aliphatic rings. The smallest absolute Gasteiger partial charge is 0.276 e. The highest BCUT2D eigenvalue weighted by Crippen LogP contribution is 2.44. The van der Waals surface area contributed by atoms with Crippen LogP contribution in [0.5, 0.6) is 28.7 Å². The van der Waals surface area contributed by atoms with Crippen LogP contribution in [0.2, 0.25) is 0 Å². The molecule has 3 aliphatic heterocycles. The number of aromatic nitrogens is 1. The summed E-state index contributed by atoms with van der Waals surface area (Å²) < 4.78 is 29.3. The normalized spacial score (nSPS) is 16.8. The number of oxazole rings is 1. The van der Waals surface area contributed by atoms with Gasteiger partial charge in [0, 0.05) is 26.4 Å². The maximum atomic E-state index is 13.9. The van der Waals surface area contributed by atoms with Crippen LogP contribution in [0.25, 0.3) is 0 Å². The molecule has 3 aromatic carbocycles. The fourth-order valence-corrected chi connectivity index (χ4v) is 5.75. The first-order valence-corrected chi connectivity index (χ1v) is 14.7. The molecule has 4 aromatic rings. The molecule has 1 atom stereocenters. The summed E-state index contributed by atoms with van der Waals surface area (Å²) in [6.45, 7) is 3.02. The average Bonchev–Trinajstić information content (AvgIpc) is 3.48. The van der Waals surface area contributed by atoms with E-state index in [0.29, 0.717) is 80.0 Å². The number of benzene rings is 3. The highest BCUT2D eigenvalue weighted by Gasteiger charge is 2.35. The molecule has 0 spiro atoms. The third-order valence-electron chi connectivity index (χ3n) is 7.92. The van der Waals surface area contributed by atoms with Crippen LogP contribution in [0.1, 0.15) is 57.5 Å². The van der Waals surface area contributed by atoms with E-state index in [2.05, 4.69) is 10.3 Å².